The summed E-state index contributed by atoms with van der Waals surface area (Å²) < 4.78 is 34.0. The number of nitro benzene ring substituents is 1. The van der Waals surface area contributed by atoms with E-state index < -0.39 is 20.4 Å². The Kier molecular flexibility index (Phi) is 5.43. The van der Waals surface area contributed by atoms with Crippen LogP contribution in [0.2, 0.25) is 0 Å². The molecule has 0 amide bonds. The molecule has 0 N–H and O–H groups in total. The number of hydrogen-bond acceptors (Lipinski definition) is 6. The maximum atomic E-state index is 11.6. The summed E-state index contributed by atoms with van der Waals surface area (Å²) in [5, 5.41) is 11.3. The van der Waals surface area contributed by atoms with Crippen LogP contribution in [-0.4, -0.2) is 26.7 Å². The van der Waals surface area contributed by atoms with E-state index in [1.165, 1.54) is 19.2 Å². The first-order valence-electron chi connectivity index (χ1n) is 7.20. The maximum absolute atomic E-state index is 11.6. The Bertz CT molecular complexity index is 921. The molecule has 25 heavy (non-hydrogen) atoms. The van der Waals surface area contributed by atoms with Gasteiger partial charge >= 0.3 is 5.69 Å². The molecule has 132 valence electrons. The molecule has 2 aromatic carbocycles. The molecule has 0 bridgehead atoms. The summed E-state index contributed by atoms with van der Waals surface area (Å²) in [6.07, 6.45) is 3.36. The third-order valence-corrected chi connectivity index (χ3v) is 4.49. The van der Waals surface area contributed by atoms with E-state index in [9.17, 15) is 18.5 Å². The van der Waals surface area contributed by atoms with Gasteiger partial charge in [0.15, 0.2) is 21.3 Å². The van der Waals surface area contributed by atoms with Crippen molar-refractivity contribution in [1.29, 1.82) is 0 Å². The molecule has 0 aliphatic rings. The molecule has 2 aromatic rings. The highest BCUT2D eigenvalue weighted by Crippen LogP contribution is 2.37. The number of ether oxygens (including phenoxy) is 2. The molecular weight excluding hydrogens is 346 g/mol. The fourth-order valence-corrected chi connectivity index (χ4v) is 2.81. The first-order chi connectivity index (χ1) is 11.8. The van der Waals surface area contributed by atoms with Crippen LogP contribution in [0, 0.1) is 10.1 Å². The van der Waals surface area contributed by atoms with Crippen LogP contribution >= 0.6 is 0 Å². The normalized spacial score (nSPS) is 11.0. The van der Waals surface area contributed by atoms with E-state index in [-0.39, 0.29) is 16.4 Å². The molecule has 0 radical (unpaired) electrons. The summed E-state index contributed by atoms with van der Waals surface area (Å²) >= 11 is 0. The largest absolute Gasteiger partial charge is 0.493 e. The third-order valence-electron chi connectivity index (χ3n) is 3.38. The number of methoxy groups -OCH3 is 1. The molecule has 0 aliphatic heterocycles. The second kappa shape index (κ2) is 7.35. The van der Waals surface area contributed by atoms with Gasteiger partial charge in [-0.2, -0.15) is 0 Å². The van der Waals surface area contributed by atoms with E-state index in [1.54, 1.807) is 24.3 Å². The minimum atomic E-state index is -3.57. The second-order valence-electron chi connectivity index (χ2n) is 5.24. The lowest BCUT2D eigenvalue weighted by atomic mass is 10.1. The topological polar surface area (TPSA) is 95.7 Å². The molecule has 0 aromatic heterocycles. The fourth-order valence-electron chi connectivity index (χ4n) is 2.17. The summed E-state index contributed by atoms with van der Waals surface area (Å²) in [5.74, 6) is 0.610. The molecule has 0 spiro atoms. The lowest BCUT2D eigenvalue weighted by Gasteiger charge is -2.12. The SMILES string of the molecule is C=CCc1ccc(Oc2ccc(S(C)(=O)=O)cc2[N+](=O)[O-])c(OC)c1. The number of hydrogen-bond donors (Lipinski definition) is 0. The molecule has 0 atom stereocenters. The molecule has 0 heterocycles. The van der Waals surface area contributed by atoms with E-state index in [0.29, 0.717) is 12.2 Å². The van der Waals surface area contributed by atoms with E-state index in [1.807, 2.05) is 0 Å². The van der Waals surface area contributed by atoms with Crippen LogP contribution in [0.5, 0.6) is 17.2 Å². The summed E-state index contributed by atoms with van der Waals surface area (Å²) in [6.45, 7) is 3.66. The molecule has 2 rings (SSSR count). The highest BCUT2D eigenvalue weighted by molar-refractivity contribution is 7.90. The van der Waals surface area contributed by atoms with Gasteiger partial charge in [0.1, 0.15) is 0 Å². The van der Waals surface area contributed by atoms with Crippen LogP contribution in [0.1, 0.15) is 5.56 Å². The van der Waals surface area contributed by atoms with Crippen molar-refractivity contribution in [2.75, 3.05) is 13.4 Å². The summed E-state index contributed by atoms with van der Waals surface area (Å²) in [7, 11) is -2.11. The zero-order valence-electron chi connectivity index (χ0n) is 13.8. The van der Waals surface area contributed by atoms with Crippen molar-refractivity contribution in [3.63, 3.8) is 0 Å². The molecule has 0 unspecified atom stereocenters. The van der Waals surface area contributed by atoms with Crippen molar-refractivity contribution in [2.45, 2.75) is 11.3 Å². The number of nitrogens with zero attached hydrogens (tertiary/aromatic N) is 1. The van der Waals surface area contributed by atoms with Crippen molar-refractivity contribution in [1.82, 2.24) is 0 Å². The standard InChI is InChI=1S/C17H17NO6S/c1-4-5-12-6-8-16(17(10-12)23-2)24-15-9-7-13(25(3,21)22)11-14(15)18(19)20/h4,6-11H,1,5H2,2-3H3. The molecule has 8 heteroatoms. The quantitative estimate of drug-likeness (QED) is 0.424. The van der Waals surface area contributed by atoms with Crippen LogP contribution in [-0.2, 0) is 16.3 Å². The van der Waals surface area contributed by atoms with Gasteiger partial charge in [-0.15, -0.1) is 6.58 Å². The van der Waals surface area contributed by atoms with Crippen molar-refractivity contribution in [2.24, 2.45) is 0 Å². The average molecular weight is 363 g/mol. The van der Waals surface area contributed by atoms with Gasteiger partial charge in [-0.05, 0) is 36.2 Å². The first-order valence-corrected chi connectivity index (χ1v) is 9.09. The van der Waals surface area contributed by atoms with Crippen molar-refractivity contribution in [3.8, 4) is 17.2 Å². The molecule has 0 saturated heterocycles. The van der Waals surface area contributed by atoms with E-state index in [2.05, 4.69) is 6.58 Å². The second-order valence-corrected chi connectivity index (χ2v) is 7.25. The predicted molar refractivity (Wildman–Crippen MR) is 93.2 cm³/mol. The van der Waals surface area contributed by atoms with Gasteiger partial charge in [0, 0.05) is 12.3 Å². The minimum absolute atomic E-state index is 0.0767. The Labute approximate surface area is 145 Å². The number of allylic oxidation sites excluding steroid dienone is 1. The van der Waals surface area contributed by atoms with Gasteiger partial charge in [0.05, 0.1) is 16.9 Å². The van der Waals surface area contributed by atoms with Crippen LogP contribution in [0.3, 0.4) is 0 Å². The third kappa shape index (κ3) is 4.36. The highest BCUT2D eigenvalue weighted by atomic mass is 32.2. The van der Waals surface area contributed by atoms with Crippen LogP contribution in [0.15, 0.2) is 53.9 Å². The van der Waals surface area contributed by atoms with Crippen LogP contribution < -0.4 is 9.47 Å². The van der Waals surface area contributed by atoms with Gasteiger partial charge in [-0.3, -0.25) is 10.1 Å². The van der Waals surface area contributed by atoms with Crippen molar-refractivity contribution < 1.29 is 22.8 Å². The first kappa shape index (κ1) is 18.5. The fraction of sp³-hybridized carbons (Fsp3) is 0.176. The Hall–Kier alpha value is -2.87. The van der Waals surface area contributed by atoms with Gasteiger partial charge in [0.2, 0.25) is 5.75 Å². The van der Waals surface area contributed by atoms with Gasteiger partial charge in [-0.25, -0.2) is 8.42 Å². The molecule has 0 aliphatic carbocycles. The van der Waals surface area contributed by atoms with Crippen LogP contribution in [0.4, 0.5) is 5.69 Å². The highest BCUT2D eigenvalue weighted by Gasteiger charge is 2.21. The van der Waals surface area contributed by atoms with Crippen LogP contribution in [0.25, 0.3) is 0 Å². The number of nitro groups is 1. The summed E-state index contributed by atoms with van der Waals surface area (Å²) in [5.41, 5.74) is 0.501. The number of sulfone groups is 1. The lowest BCUT2D eigenvalue weighted by molar-refractivity contribution is -0.385. The molecule has 0 saturated carbocycles. The van der Waals surface area contributed by atoms with E-state index >= 15 is 0 Å². The monoisotopic (exact) mass is 363 g/mol. The Morgan fingerprint density at radius 1 is 1.16 bits per heavy atom. The Balaban J connectivity index is 2.46. The molecular formula is C17H17NO6S. The zero-order valence-corrected chi connectivity index (χ0v) is 14.6. The maximum Gasteiger partial charge on any atom is 0.312 e. The number of rotatable bonds is 7. The predicted octanol–water partition coefficient (Wildman–Crippen LogP) is 3.53. The van der Waals surface area contributed by atoms with Gasteiger partial charge < -0.3 is 9.47 Å². The van der Waals surface area contributed by atoms with E-state index in [4.69, 9.17) is 9.47 Å². The minimum Gasteiger partial charge on any atom is -0.493 e. The van der Waals surface area contributed by atoms with E-state index in [0.717, 1.165) is 17.9 Å². The molecule has 0 fully saturated rings. The molecule has 7 nitrogen and oxygen atoms in total. The van der Waals surface area contributed by atoms with Gasteiger partial charge in [0.25, 0.3) is 0 Å². The smallest absolute Gasteiger partial charge is 0.312 e. The van der Waals surface area contributed by atoms with Gasteiger partial charge in [-0.1, -0.05) is 12.1 Å². The average Bonchev–Trinajstić information content (AvgIpc) is 2.55. The Morgan fingerprint density at radius 2 is 1.84 bits per heavy atom. The van der Waals surface area contributed by atoms with Crippen molar-refractivity contribution in [3.05, 3.63) is 64.7 Å². The summed E-state index contributed by atoms with van der Waals surface area (Å²) in [6, 6.07) is 8.65. The number of benzene rings is 2. The zero-order chi connectivity index (χ0) is 18.6. The Morgan fingerprint density at radius 3 is 2.40 bits per heavy atom. The van der Waals surface area contributed by atoms with Crippen molar-refractivity contribution >= 4 is 15.5 Å². The summed E-state index contributed by atoms with van der Waals surface area (Å²) in [4.78, 5) is 10.4. The lowest BCUT2D eigenvalue weighted by Crippen LogP contribution is -2.01.